The van der Waals surface area contributed by atoms with Crippen LogP contribution in [0.25, 0.3) is 11.3 Å². The Hall–Kier alpha value is -0.900. The number of hydrogen-bond donors (Lipinski definition) is 1. The van der Waals surface area contributed by atoms with E-state index < -0.39 is 0 Å². The number of nitrogens with one attached hydrogen (secondary N) is 1. The van der Waals surface area contributed by atoms with Gasteiger partial charge in [-0.25, -0.2) is 4.98 Å². The lowest BCUT2D eigenvalue weighted by Gasteiger charge is -1.96. The number of nitrogens with zero attached hydrogens (tertiary/aromatic N) is 1. The fourth-order valence-electron chi connectivity index (χ4n) is 1.32. The minimum Gasteiger partial charge on any atom is -0.314 e. The average Bonchev–Trinajstić information content (AvgIpc) is 2.67. The second-order valence-corrected chi connectivity index (χ2v) is 4.55. The molecule has 15 heavy (non-hydrogen) atoms. The van der Waals surface area contributed by atoms with E-state index in [-0.39, 0.29) is 0 Å². The lowest BCUT2D eigenvalue weighted by atomic mass is 10.2. The second kappa shape index (κ2) is 4.75. The third-order valence-electron chi connectivity index (χ3n) is 2.00. The van der Waals surface area contributed by atoms with Crippen LogP contribution in [0.1, 0.15) is 5.01 Å². The van der Waals surface area contributed by atoms with Crippen molar-refractivity contribution in [2.24, 2.45) is 0 Å². The molecule has 0 spiro atoms. The van der Waals surface area contributed by atoms with Crippen LogP contribution in [-0.2, 0) is 6.54 Å². The molecule has 0 saturated carbocycles. The van der Waals surface area contributed by atoms with Crippen LogP contribution >= 0.6 is 22.9 Å². The maximum Gasteiger partial charge on any atom is 0.107 e. The summed E-state index contributed by atoms with van der Waals surface area (Å²) in [4.78, 5) is 4.51. The minimum absolute atomic E-state index is 0.746. The van der Waals surface area contributed by atoms with Gasteiger partial charge < -0.3 is 5.32 Å². The third kappa shape index (κ3) is 2.56. The van der Waals surface area contributed by atoms with Gasteiger partial charge >= 0.3 is 0 Å². The van der Waals surface area contributed by atoms with Crippen molar-refractivity contribution in [3.05, 3.63) is 39.7 Å². The molecule has 2 aromatic rings. The number of benzene rings is 1. The number of hydrogen-bond acceptors (Lipinski definition) is 3. The van der Waals surface area contributed by atoms with Crippen molar-refractivity contribution in [2.75, 3.05) is 7.05 Å². The van der Waals surface area contributed by atoms with Crippen molar-refractivity contribution >= 4 is 22.9 Å². The topological polar surface area (TPSA) is 24.9 Å². The SMILES string of the molecule is CNCc1nc(-c2cccc(Cl)c2)cs1. The summed E-state index contributed by atoms with van der Waals surface area (Å²) in [6.07, 6.45) is 0. The van der Waals surface area contributed by atoms with Crippen molar-refractivity contribution in [3.63, 3.8) is 0 Å². The first-order valence-corrected chi connectivity index (χ1v) is 5.90. The van der Waals surface area contributed by atoms with Crippen molar-refractivity contribution in [1.82, 2.24) is 10.3 Å². The van der Waals surface area contributed by atoms with Crippen molar-refractivity contribution in [2.45, 2.75) is 6.54 Å². The fourth-order valence-corrected chi connectivity index (χ4v) is 2.33. The van der Waals surface area contributed by atoms with Crippen LogP contribution in [0.2, 0.25) is 5.02 Å². The zero-order valence-corrected chi connectivity index (χ0v) is 9.90. The van der Waals surface area contributed by atoms with Crippen LogP contribution in [-0.4, -0.2) is 12.0 Å². The van der Waals surface area contributed by atoms with Gasteiger partial charge in [0.1, 0.15) is 5.01 Å². The molecule has 0 aliphatic heterocycles. The predicted molar refractivity (Wildman–Crippen MR) is 65.3 cm³/mol. The first-order chi connectivity index (χ1) is 7.29. The van der Waals surface area contributed by atoms with E-state index in [1.165, 1.54) is 0 Å². The number of rotatable bonds is 3. The Morgan fingerprint density at radius 2 is 2.33 bits per heavy atom. The highest BCUT2D eigenvalue weighted by Gasteiger charge is 2.03. The molecule has 1 aromatic heterocycles. The molecule has 2 rings (SSSR count). The monoisotopic (exact) mass is 238 g/mol. The number of halogens is 1. The summed E-state index contributed by atoms with van der Waals surface area (Å²) in [5.41, 5.74) is 2.06. The van der Waals surface area contributed by atoms with Crippen molar-refractivity contribution in [3.8, 4) is 11.3 Å². The van der Waals surface area contributed by atoms with Crippen LogP contribution in [0, 0.1) is 0 Å². The summed E-state index contributed by atoms with van der Waals surface area (Å²) in [7, 11) is 1.92. The molecule has 0 radical (unpaired) electrons. The van der Waals surface area contributed by atoms with E-state index in [2.05, 4.69) is 15.7 Å². The van der Waals surface area contributed by atoms with Gasteiger partial charge in [-0.1, -0.05) is 23.7 Å². The summed E-state index contributed by atoms with van der Waals surface area (Å²) in [5.74, 6) is 0. The lowest BCUT2D eigenvalue weighted by molar-refractivity contribution is 0.811. The highest BCUT2D eigenvalue weighted by Crippen LogP contribution is 2.24. The molecule has 2 nitrogen and oxygen atoms in total. The molecule has 0 aliphatic rings. The first kappa shape index (κ1) is 10.6. The molecule has 0 amide bonds. The summed E-state index contributed by atoms with van der Waals surface area (Å²) >= 11 is 7.58. The van der Waals surface area contributed by atoms with Gasteiger partial charge in [-0.2, -0.15) is 0 Å². The number of thiazole rings is 1. The summed E-state index contributed by atoms with van der Waals surface area (Å²) in [6, 6.07) is 7.75. The highest BCUT2D eigenvalue weighted by atomic mass is 35.5. The van der Waals surface area contributed by atoms with E-state index >= 15 is 0 Å². The first-order valence-electron chi connectivity index (χ1n) is 4.64. The number of aromatic nitrogens is 1. The molecule has 1 aromatic carbocycles. The van der Waals surface area contributed by atoms with Gasteiger partial charge in [-0.05, 0) is 19.2 Å². The maximum absolute atomic E-state index is 5.93. The van der Waals surface area contributed by atoms with Crippen molar-refractivity contribution in [1.29, 1.82) is 0 Å². The third-order valence-corrected chi connectivity index (χ3v) is 3.08. The molecule has 0 bridgehead atoms. The highest BCUT2D eigenvalue weighted by molar-refractivity contribution is 7.09. The van der Waals surface area contributed by atoms with Gasteiger partial charge in [0.2, 0.25) is 0 Å². The van der Waals surface area contributed by atoms with Crippen LogP contribution < -0.4 is 5.32 Å². The molecular formula is C11H11ClN2S. The summed E-state index contributed by atoms with van der Waals surface area (Å²) in [6.45, 7) is 0.811. The van der Waals surface area contributed by atoms with Crippen LogP contribution in [0.3, 0.4) is 0 Å². The molecule has 0 saturated heterocycles. The Labute approximate surface area is 97.9 Å². The Bertz CT molecular complexity index is 453. The Kier molecular flexibility index (Phi) is 3.36. The standard InChI is InChI=1S/C11H11ClN2S/c1-13-6-11-14-10(7-15-11)8-3-2-4-9(12)5-8/h2-5,7,13H,6H2,1H3. The Morgan fingerprint density at radius 3 is 3.07 bits per heavy atom. The van der Waals surface area contributed by atoms with Gasteiger partial charge in [-0.3, -0.25) is 0 Å². The van der Waals surface area contributed by atoms with E-state index in [9.17, 15) is 0 Å². The van der Waals surface area contributed by atoms with Crippen LogP contribution in [0.15, 0.2) is 29.6 Å². The van der Waals surface area contributed by atoms with E-state index in [4.69, 9.17) is 11.6 Å². The fraction of sp³-hybridized carbons (Fsp3) is 0.182. The largest absolute Gasteiger partial charge is 0.314 e. The molecule has 0 atom stereocenters. The molecule has 78 valence electrons. The second-order valence-electron chi connectivity index (χ2n) is 3.17. The maximum atomic E-state index is 5.93. The van der Waals surface area contributed by atoms with Gasteiger partial charge in [0.15, 0.2) is 0 Å². The van der Waals surface area contributed by atoms with E-state index in [1.807, 2.05) is 31.3 Å². The zero-order valence-electron chi connectivity index (χ0n) is 8.33. The van der Waals surface area contributed by atoms with Gasteiger partial charge in [0.05, 0.1) is 5.69 Å². The molecule has 1 heterocycles. The summed E-state index contributed by atoms with van der Waals surface area (Å²) in [5, 5.41) is 6.97. The van der Waals surface area contributed by atoms with Gasteiger partial charge in [0, 0.05) is 22.5 Å². The summed E-state index contributed by atoms with van der Waals surface area (Å²) < 4.78 is 0. The quantitative estimate of drug-likeness (QED) is 0.889. The molecule has 0 unspecified atom stereocenters. The molecule has 0 fully saturated rings. The van der Waals surface area contributed by atoms with Crippen LogP contribution in [0.5, 0.6) is 0 Å². The van der Waals surface area contributed by atoms with Gasteiger partial charge in [-0.15, -0.1) is 11.3 Å². The molecule has 0 aliphatic carbocycles. The molecular weight excluding hydrogens is 228 g/mol. The zero-order chi connectivity index (χ0) is 10.7. The Morgan fingerprint density at radius 1 is 1.47 bits per heavy atom. The molecule has 1 N–H and O–H groups in total. The van der Waals surface area contributed by atoms with E-state index in [1.54, 1.807) is 11.3 Å². The van der Waals surface area contributed by atoms with Crippen LogP contribution in [0.4, 0.5) is 0 Å². The van der Waals surface area contributed by atoms with Crippen molar-refractivity contribution < 1.29 is 0 Å². The van der Waals surface area contributed by atoms with E-state index in [0.717, 1.165) is 27.8 Å². The predicted octanol–water partition coefficient (Wildman–Crippen LogP) is 3.18. The minimum atomic E-state index is 0.746. The normalized spacial score (nSPS) is 10.5. The average molecular weight is 239 g/mol. The smallest absolute Gasteiger partial charge is 0.107 e. The van der Waals surface area contributed by atoms with Gasteiger partial charge in [0.25, 0.3) is 0 Å². The van der Waals surface area contributed by atoms with E-state index in [0.29, 0.717) is 0 Å². The molecule has 4 heteroatoms. The Balaban J connectivity index is 2.29. The lowest BCUT2D eigenvalue weighted by Crippen LogP contribution is -2.04.